The van der Waals surface area contributed by atoms with E-state index in [0.29, 0.717) is 5.56 Å². The zero-order valence-electron chi connectivity index (χ0n) is 9.88. The van der Waals surface area contributed by atoms with E-state index in [2.05, 4.69) is 16.7 Å². The van der Waals surface area contributed by atoms with Crippen molar-refractivity contribution in [3.05, 3.63) is 48.0 Å². The number of benzene rings is 2. The standard InChI is InChI=1S/C14H12N2O.ClH/c1-16-12-5-3-2-4-10(12)11-8-9(14(15)17)6-7-13(11)16;/h2-8H,1H3,(H2,15,17);1H. The van der Waals surface area contributed by atoms with Crippen LogP contribution in [0.1, 0.15) is 10.4 Å². The number of halogens is 1. The highest BCUT2D eigenvalue weighted by molar-refractivity contribution is 6.10. The molecule has 92 valence electrons. The summed E-state index contributed by atoms with van der Waals surface area (Å²) in [7, 11) is 2.02. The van der Waals surface area contributed by atoms with Crippen LogP contribution in [0.15, 0.2) is 42.5 Å². The predicted octanol–water partition coefficient (Wildman–Crippen LogP) is 2.85. The van der Waals surface area contributed by atoms with Gasteiger partial charge in [0.25, 0.3) is 0 Å². The van der Waals surface area contributed by atoms with Crippen molar-refractivity contribution in [1.82, 2.24) is 4.57 Å². The average Bonchev–Trinajstić information content (AvgIpc) is 2.64. The van der Waals surface area contributed by atoms with E-state index in [4.69, 9.17) is 5.73 Å². The van der Waals surface area contributed by atoms with Crippen molar-refractivity contribution in [2.45, 2.75) is 0 Å². The van der Waals surface area contributed by atoms with Crippen molar-refractivity contribution in [2.75, 3.05) is 0 Å². The van der Waals surface area contributed by atoms with Crippen LogP contribution < -0.4 is 5.73 Å². The molecule has 0 saturated heterocycles. The first-order chi connectivity index (χ1) is 8.18. The van der Waals surface area contributed by atoms with Crippen molar-refractivity contribution in [3.63, 3.8) is 0 Å². The number of amides is 1. The second-order valence-corrected chi connectivity index (χ2v) is 4.17. The van der Waals surface area contributed by atoms with Gasteiger partial charge in [0.05, 0.1) is 0 Å². The number of fused-ring (bicyclic) bond motifs is 3. The number of para-hydroxylation sites is 1. The lowest BCUT2D eigenvalue weighted by Gasteiger charge is -1.98. The zero-order valence-corrected chi connectivity index (χ0v) is 10.7. The van der Waals surface area contributed by atoms with E-state index in [1.807, 2.05) is 31.3 Å². The van der Waals surface area contributed by atoms with Gasteiger partial charge in [-0.15, -0.1) is 12.4 Å². The third kappa shape index (κ3) is 1.64. The molecule has 0 unspecified atom stereocenters. The summed E-state index contributed by atoms with van der Waals surface area (Å²) >= 11 is 0. The molecule has 0 atom stereocenters. The summed E-state index contributed by atoms with van der Waals surface area (Å²) in [6.07, 6.45) is 0. The van der Waals surface area contributed by atoms with Crippen LogP contribution in [0.3, 0.4) is 0 Å². The molecule has 1 amide bonds. The lowest BCUT2D eigenvalue weighted by atomic mass is 10.1. The molecule has 0 aliphatic carbocycles. The Labute approximate surface area is 111 Å². The fourth-order valence-electron chi connectivity index (χ4n) is 2.32. The topological polar surface area (TPSA) is 48.0 Å². The summed E-state index contributed by atoms with van der Waals surface area (Å²) in [4.78, 5) is 11.2. The van der Waals surface area contributed by atoms with Crippen molar-refractivity contribution >= 4 is 40.1 Å². The van der Waals surface area contributed by atoms with Crippen LogP contribution in [-0.4, -0.2) is 10.5 Å². The average molecular weight is 261 g/mol. The van der Waals surface area contributed by atoms with Crippen LogP contribution in [0, 0.1) is 0 Å². The number of hydrogen-bond acceptors (Lipinski definition) is 1. The van der Waals surface area contributed by atoms with Gasteiger partial charge in [0, 0.05) is 34.4 Å². The summed E-state index contributed by atoms with van der Waals surface area (Å²) in [5.41, 5.74) is 8.12. The van der Waals surface area contributed by atoms with Gasteiger partial charge < -0.3 is 10.3 Å². The van der Waals surface area contributed by atoms with E-state index in [-0.39, 0.29) is 18.3 Å². The first-order valence-electron chi connectivity index (χ1n) is 5.45. The largest absolute Gasteiger partial charge is 0.366 e. The molecule has 4 heteroatoms. The van der Waals surface area contributed by atoms with Crippen molar-refractivity contribution < 1.29 is 4.79 Å². The Hall–Kier alpha value is -2.00. The second-order valence-electron chi connectivity index (χ2n) is 4.17. The number of hydrogen-bond donors (Lipinski definition) is 1. The van der Waals surface area contributed by atoms with Gasteiger partial charge in [-0.1, -0.05) is 18.2 Å². The van der Waals surface area contributed by atoms with Crippen LogP contribution in [0.25, 0.3) is 21.8 Å². The Bertz CT molecular complexity index is 746. The third-order valence-corrected chi connectivity index (χ3v) is 3.20. The summed E-state index contributed by atoms with van der Waals surface area (Å²) in [6, 6.07) is 13.7. The Kier molecular flexibility index (Phi) is 3.01. The molecule has 0 saturated carbocycles. The summed E-state index contributed by atoms with van der Waals surface area (Å²) < 4.78 is 2.12. The Balaban J connectivity index is 0.00000120. The molecule has 18 heavy (non-hydrogen) atoms. The minimum absolute atomic E-state index is 0. The van der Waals surface area contributed by atoms with E-state index in [9.17, 15) is 4.79 Å². The van der Waals surface area contributed by atoms with E-state index in [0.717, 1.165) is 21.8 Å². The lowest BCUT2D eigenvalue weighted by molar-refractivity contribution is 0.100. The molecule has 0 bridgehead atoms. The molecule has 2 N–H and O–H groups in total. The van der Waals surface area contributed by atoms with Gasteiger partial charge in [-0.05, 0) is 24.3 Å². The van der Waals surface area contributed by atoms with Crippen molar-refractivity contribution in [2.24, 2.45) is 12.8 Å². The predicted molar refractivity (Wildman–Crippen MR) is 76.2 cm³/mol. The van der Waals surface area contributed by atoms with E-state index >= 15 is 0 Å². The highest BCUT2D eigenvalue weighted by Crippen LogP contribution is 2.28. The van der Waals surface area contributed by atoms with Crippen LogP contribution in [-0.2, 0) is 7.05 Å². The minimum atomic E-state index is -0.389. The number of rotatable bonds is 1. The van der Waals surface area contributed by atoms with Gasteiger partial charge in [0.2, 0.25) is 5.91 Å². The van der Waals surface area contributed by atoms with E-state index < -0.39 is 0 Å². The Morgan fingerprint density at radius 3 is 2.44 bits per heavy atom. The number of carbonyl (C=O) groups is 1. The number of carbonyl (C=O) groups excluding carboxylic acids is 1. The fourth-order valence-corrected chi connectivity index (χ4v) is 2.32. The van der Waals surface area contributed by atoms with Crippen LogP contribution in [0.2, 0.25) is 0 Å². The second kappa shape index (κ2) is 4.35. The first kappa shape index (κ1) is 12.5. The molecule has 0 aliphatic heterocycles. The molecule has 1 heterocycles. The highest BCUT2D eigenvalue weighted by Gasteiger charge is 2.09. The fraction of sp³-hybridized carbons (Fsp3) is 0.0714. The quantitative estimate of drug-likeness (QED) is 0.719. The number of aromatic nitrogens is 1. The van der Waals surface area contributed by atoms with Crippen molar-refractivity contribution in [3.8, 4) is 0 Å². The zero-order chi connectivity index (χ0) is 12.0. The Morgan fingerprint density at radius 1 is 1.06 bits per heavy atom. The minimum Gasteiger partial charge on any atom is -0.366 e. The van der Waals surface area contributed by atoms with Gasteiger partial charge in [0.15, 0.2) is 0 Å². The van der Waals surface area contributed by atoms with Gasteiger partial charge in [-0.3, -0.25) is 4.79 Å². The Morgan fingerprint density at radius 2 is 1.72 bits per heavy atom. The molecular formula is C14H13ClN2O. The number of nitrogens with two attached hydrogens (primary N) is 1. The van der Waals surface area contributed by atoms with Crippen LogP contribution >= 0.6 is 12.4 Å². The molecule has 2 aromatic carbocycles. The highest BCUT2D eigenvalue weighted by atomic mass is 35.5. The normalized spacial score (nSPS) is 10.5. The van der Waals surface area contributed by atoms with Gasteiger partial charge in [0.1, 0.15) is 0 Å². The molecular weight excluding hydrogens is 248 g/mol. The van der Waals surface area contributed by atoms with Crippen LogP contribution in [0.4, 0.5) is 0 Å². The van der Waals surface area contributed by atoms with E-state index in [1.54, 1.807) is 6.07 Å². The summed E-state index contributed by atoms with van der Waals surface area (Å²) in [6.45, 7) is 0. The smallest absolute Gasteiger partial charge is 0.248 e. The maximum absolute atomic E-state index is 11.2. The van der Waals surface area contributed by atoms with E-state index in [1.165, 1.54) is 0 Å². The molecule has 3 aromatic rings. The first-order valence-corrected chi connectivity index (χ1v) is 5.45. The van der Waals surface area contributed by atoms with Gasteiger partial charge in [-0.25, -0.2) is 0 Å². The third-order valence-electron chi connectivity index (χ3n) is 3.20. The van der Waals surface area contributed by atoms with Gasteiger partial charge >= 0.3 is 0 Å². The number of aryl methyl sites for hydroxylation is 1. The maximum atomic E-state index is 11.2. The van der Waals surface area contributed by atoms with Gasteiger partial charge in [-0.2, -0.15) is 0 Å². The molecule has 0 fully saturated rings. The molecule has 0 radical (unpaired) electrons. The SMILES string of the molecule is Cl.Cn1c2ccccc2c2cc(C(N)=O)ccc21. The molecule has 0 aliphatic rings. The van der Waals surface area contributed by atoms with Crippen LogP contribution in [0.5, 0.6) is 0 Å². The number of primary amides is 1. The number of nitrogens with zero attached hydrogens (tertiary/aromatic N) is 1. The summed E-state index contributed by atoms with van der Waals surface area (Å²) in [5, 5.41) is 2.22. The maximum Gasteiger partial charge on any atom is 0.248 e. The monoisotopic (exact) mass is 260 g/mol. The molecule has 3 nitrogen and oxygen atoms in total. The molecule has 1 aromatic heterocycles. The molecule has 3 rings (SSSR count). The molecule has 0 spiro atoms. The summed E-state index contributed by atoms with van der Waals surface area (Å²) in [5.74, 6) is -0.389. The van der Waals surface area contributed by atoms with Crippen molar-refractivity contribution in [1.29, 1.82) is 0 Å². The lowest BCUT2D eigenvalue weighted by Crippen LogP contribution is -2.10.